The zero-order valence-electron chi connectivity index (χ0n) is 18.1. The van der Waals surface area contributed by atoms with Crippen LogP contribution in [0.25, 0.3) is 0 Å². The van der Waals surface area contributed by atoms with E-state index in [2.05, 4.69) is 52.1 Å². The molecule has 1 fully saturated rings. The van der Waals surface area contributed by atoms with Gasteiger partial charge in [0.15, 0.2) is 5.96 Å². The number of benzene rings is 1. The van der Waals surface area contributed by atoms with Crippen molar-refractivity contribution in [2.24, 2.45) is 4.99 Å². The summed E-state index contributed by atoms with van der Waals surface area (Å²) in [6.07, 6.45) is 2.08. The normalized spacial score (nSPS) is 16.3. The van der Waals surface area contributed by atoms with E-state index in [1.165, 1.54) is 10.4 Å². The first-order chi connectivity index (χ1) is 14.8. The maximum Gasteiger partial charge on any atom is 0.191 e. The number of rotatable bonds is 10. The Morgan fingerprint density at radius 1 is 1.20 bits per heavy atom. The summed E-state index contributed by atoms with van der Waals surface area (Å²) in [5.41, 5.74) is 1.32. The number of hydrogen-bond donors (Lipinski definition) is 2. The number of morpholine rings is 1. The van der Waals surface area contributed by atoms with E-state index < -0.39 is 0 Å². The number of hydrogen-bond acceptors (Lipinski definition) is 5. The third-order valence-electron chi connectivity index (χ3n) is 5.22. The van der Waals surface area contributed by atoms with Crippen LogP contribution in [-0.4, -0.2) is 63.9 Å². The van der Waals surface area contributed by atoms with Gasteiger partial charge in [0.2, 0.25) is 0 Å². The molecule has 0 saturated carbocycles. The van der Waals surface area contributed by atoms with Gasteiger partial charge in [0, 0.05) is 31.1 Å². The Bertz CT molecular complexity index is 743. The van der Waals surface area contributed by atoms with Gasteiger partial charge in [-0.2, -0.15) is 0 Å². The number of nitrogens with zero attached hydrogens (tertiary/aromatic N) is 2. The second-order valence-corrected chi connectivity index (χ2v) is 8.26. The summed E-state index contributed by atoms with van der Waals surface area (Å²) >= 11 is 1.81. The van der Waals surface area contributed by atoms with E-state index in [1.807, 2.05) is 23.5 Å². The number of guanidine groups is 1. The van der Waals surface area contributed by atoms with E-state index in [-0.39, 0.29) is 0 Å². The van der Waals surface area contributed by atoms with Crippen molar-refractivity contribution < 1.29 is 9.47 Å². The Labute approximate surface area is 184 Å². The maximum atomic E-state index is 5.54. The zero-order chi connectivity index (χ0) is 21.0. The quantitative estimate of drug-likeness (QED) is 0.344. The minimum atomic E-state index is 0.309. The standard InChI is InChI=1S/C23H34N4O2S/c1-3-24-23(25-12-4-6-19-8-10-20(28-2)11-9-19)26-18-21(22-7-5-17-30-22)27-13-15-29-16-14-27/h5,7-11,17,21H,3-4,6,12-16,18H2,1-2H3,(H2,24,25,26). The molecule has 0 spiro atoms. The molecule has 30 heavy (non-hydrogen) atoms. The highest BCUT2D eigenvalue weighted by Crippen LogP contribution is 2.26. The second-order valence-electron chi connectivity index (χ2n) is 7.28. The highest BCUT2D eigenvalue weighted by Gasteiger charge is 2.23. The van der Waals surface area contributed by atoms with Crippen molar-refractivity contribution >= 4 is 17.3 Å². The highest BCUT2D eigenvalue weighted by atomic mass is 32.1. The average Bonchev–Trinajstić information content (AvgIpc) is 3.32. The number of aryl methyl sites for hydroxylation is 1. The third-order valence-corrected chi connectivity index (χ3v) is 6.19. The topological polar surface area (TPSA) is 58.1 Å². The maximum absolute atomic E-state index is 5.54. The van der Waals surface area contributed by atoms with E-state index in [0.717, 1.165) is 70.5 Å². The molecule has 1 unspecified atom stereocenters. The molecule has 1 atom stereocenters. The molecule has 0 amide bonds. The van der Waals surface area contributed by atoms with Crippen molar-refractivity contribution in [2.45, 2.75) is 25.8 Å². The van der Waals surface area contributed by atoms with Gasteiger partial charge in [0.05, 0.1) is 32.9 Å². The summed E-state index contributed by atoms with van der Waals surface area (Å²) in [6.45, 7) is 8.12. The molecule has 1 aromatic carbocycles. The Balaban J connectivity index is 1.52. The fraction of sp³-hybridized carbons (Fsp3) is 0.522. The fourth-order valence-corrected chi connectivity index (χ4v) is 4.42. The van der Waals surface area contributed by atoms with Crippen molar-refractivity contribution in [2.75, 3.05) is 53.0 Å². The average molecular weight is 431 g/mol. The van der Waals surface area contributed by atoms with Crippen LogP contribution < -0.4 is 15.4 Å². The minimum absolute atomic E-state index is 0.309. The van der Waals surface area contributed by atoms with Gasteiger partial charge in [-0.25, -0.2) is 0 Å². The van der Waals surface area contributed by atoms with Crippen LogP contribution in [0, 0.1) is 0 Å². The lowest BCUT2D eigenvalue weighted by Gasteiger charge is -2.33. The van der Waals surface area contributed by atoms with Crippen molar-refractivity contribution in [3.05, 3.63) is 52.2 Å². The molecule has 6 nitrogen and oxygen atoms in total. The van der Waals surface area contributed by atoms with Gasteiger partial charge < -0.3 is 20.1 Å². The Morgan fingerprint density at radius 3 is 2.67 bits per heavy atom. The van der Waals surface area contributed by atoms with Gasteiger partial charge in [-0.15, -0.1) is 11.3 Å². The van der Waals surface area contributed by atoms with E-state index >= 15 is 0 Å². The van der Waals surface area contributed by atoms with Crippen LogP contribution >= 0.6 is 11.3 Å². The summed E-state index contributed by atoms with van der Waals surface area (Å²) in [6, 6.07) is 13.0. The van der Waals surface area contributed by atoms with Crippen LogP contribution in [0.4, 0.5) is 0 Å². The molecule has 7 heteroatoms. The first-order valence-electron chi connectivity index (χ1n) is 10.8. The smallest absolute Gasteiger partial charge is 0.191 e. The van der Waals surface area contributed by atoms with E-state index in [1.54, 1.807) is 7.11 Å². The lowest BCUT2D eigenvalue weighted by molar-refractivity contribution is 0.0186. The molecule has 1 saturated heterocycles. The minimum Gasteiger partial charge on any atom is -0.497 e. The molecule has 0 aliphatic carbocycles. The van der Waals surface area contributed by atoms with Crippen molar-refractivity contribution in [3.63, 3.8) is 0 Å². The van der Waals surface area contributed by atoms with Crippen LogP contribution in [0.1, 0.15) is 29.8 Å². The Kier molecular flexibility index (Phi) is 9.47. The van der Waals surface area contributed by atoms with Crippen molar-refractivity contribution in [1.29, 1.82) is 0 Å². The third kappa shape index (κ3) is 7.00. The summed E-state index contributed by atoms with van der Waals surface area (Å²) in [4.78, 5) is 8.78. The number of thiophene rings is 1. The lowest BCUT2D eigenvalue weighted by atomic mass is 10.1. The fourth-order valence-electron chi connectivity index (χ4n) is 3.57. The van der Waals surface area contributed by atoms with E-state index in [0.29, 0.717) is 6.04 Å². The van der Waals surface area contributed by atoms with Crippen LogP contribution in [0.5, 0.6) is 5.75 Å². The summed E-state index contributed by atoms with van der Waals surface area (Å²) in [5, 5.41) is 9.02. The van der Waals surface area contributed by atoms with E-state index in [9.17, 15) is 0 Å². The molecule has 164 valence electrons. The lowest BCUT2D eigenvalue weighted by Crippen LogP contribution is -2.41. The predicted octanol–water partition coefficient (Wildman–Crippen LogP) is 3.32. The highest BCUT2D eigenvalue weighted by molar-refractivity contribution is 7.10. The largest absolute Gasteiger partial charge is 0.497 e. The molecule has 2 aromatic rings. The Morgan fingerprint density at radius 2 is 2.00 bits per heavy atom. The number of aliphatic imine (C=N–C) groups is 1. The van der Waals surface area contributed by atoms with Gasteiger partial charge in [-0.3, -0.25) is 9.89 Å². The molecule has 0 bridgehead atoms. The molecule has 1 aliphatic rings. The zero-order valence-corrected chi connectivity index (χ0v) is 18.9. The molecular formula is C23H34N4O2S. The molecule has 2 N–H and O–H groups in total. The molecule has 1 aliphatic heterocycles. The molecule has 2 heterocycles. The van der Waals surface area contributed by atoms with Crippen LogP contribution in [-0.2, 0) is 11.2 Å². The van der Waals surface area contributed by atoms with Crippen LogP contribution in [0.3, 0.4) is 0 Å². The van der Waals surface area contributed by atoms with Crippen molar-refractivity contribution in [1.82, 2.24) is 15.5 Å². The summed E-state index contributed by atoms with van der Waals surface area (Å²) < 4.78 is 10.8. The van der Waals surface area contributed by atoms with Crippen molar-refractivity contribution in [3.8, 4) is 5.75 Å². The summed E-state index contributed by atoms with van der Waals surface area (Å²) in [7, 11) is 1.70. The SMILES string of the molecule is CCNC(=NCC(c1cccs1)N1CCOCC1)NCCCc1ccc(OC)cc1. The monoisotopic (exact) mass is 430 g/mol. The van der Waals surface area contributed by atoms with Gasteiger partial charge >= 0.3 is 0 Å². The van der Waals surface area contributed by atoms with Gasteiger partial charge in [-0.05, 0) is 48.9 Å². The number of methoxy groups -OCH3 is 1. The summed E-state index contributed by atoms with van der Waals surface area (Å²) in [5.74, 6) is 1.79. The van der Waals surface area contributed by atoms with Gasteiger partial charge in [0.25, 0.3) is 0 Å². The van der Waals surface area contributed by atoms with Gasteiger partial charge in [0.1, 0.15) is 5.75 Å². The predicted molar refractivity (Wildman–Crippen MR) is 125 cm³/mol. The molecule has 0 radical (unpaired) electrons. The first-order valence-corrected chi connectivity index (χ1v) is 11.7. The van der Waals surface area contributed by atoms with Crippen LogP contribution in [0.15, 0.2) is 46.8 Å². The second kappa shape index (κ2) is 12.6. The Hall–Kier alpha value is -2.09. The van der Waals surface area contributed by atoms with Gasteiger partial charge in [-0.1, -0.05) is 18.2 Å². The molecule has 3 rings (SSSR count). The molecule has 1 aromatic heterocycles. The van der Waals surface area contributed by atoms with Crippen LogP contribution in [0.2, 0.25) is 0 Å². The first kappa shape index (κ1) is 22.6. The molecular weight excluding hydrogens is 396 g/mol. The van der Waals surface area contributed by atoms with E-state index in [4.69, 9.17) is 14.5 Å². The number of nitrogens with one attached hydrogen (secondary N) is 2. The number of ether oxygens (including phenoxy) is 2.